The van der Waals surface area contributed by atoms with Gasteiger partial charge < -0.3 is 14.6 Å². The molecule has 1 aliphatic rings. The topological polar surface area (TPSA) is 26.2 Å². The highest BCUT2D eigenvalue weighted by molar-refractivity contribution is 5.86. The number of aromatic nitrogens is 1. The molecule has 1 unspecified atom stereocenters. The highest BCUT2D eigenvalue weighted by Gasteiger charge is 2.36. The van der Waals surface area contributed by atoms with Crippen LogP contribution in [-0.2, 0) is 16.9 Å². The second-order valence-electron chi connectivity index (χ2n) is 5.58. The quantitative estimate of drug-likeness (QED) is 0.941. The minimum atomic E-state index is -0.176. The number of rotatable bonds is 3. The fourth-order valence-corrected chi connectivity index (χ4v) is 3.38. The van der Waals surface area contributed by atoms with Crippen molar-refractivity contribution in [2.75, 3.05) is 20.2 Å². The first-order valence-electron chi connectivity index (χ1n) is 7.04. The van der Waals surface area contributed by atoms with Crippen LogP contribution in [0.2, 0.25) is 0 Å². The summed E-state index contributed by atoms with van der Waals surface area (Å²) >= 11 is 0. The Morgan fingerprint density at radius 1 is 1.35 bits per heavy atom. The van der Waals surface area contributed by atoms with Gasteiger partial charge >= 0.3 is 0 Å². The van der Waals surface area contributed by atoms with E-state index >= 15 is 0 Å². The van der Waals surface area contributed by atoms with Gasteiger partial charge in [-0.1, -0.05) is 18.2 Å². The molecular weight excluding hydrogens is 272 g/mol. The SMILES string of the molecule is CNCCC1(C)OCCn2c1c(C)c1ccccc12.Cl. The Balaban J connectivity index is 0.00000147. The van der Waals surface area contributed by atoms with Crippen molar-refractivity contribution < 1.29 is 4.74 Å². The van der Waals surface area contributed by atoms with Gasteiger partial charge in [-0.3, -0.25) is 0 Å². The van der Waals surface area contributed by atoms with Crippen LogP contribution in [0.1, 0.15) is 24.6 Å². The maximum absolute atomic E-state index is 6.14. The maximum atomic E-state index is 6.14. The number of hydrogen-bond acceptors (Lipinski definition) is 2. The first-order valence-corrected chi connectivity index (χ1v) is 7.04. The van der Waals surface area contributed by atoms with E-state index in [1.807, 2.05) is 7.05 Å². The number of nitrogens with zero attached hydrogens (tertiary/aromatic N) is 1. The van der Waals surface area contributed by atoms with Crippen LogP contribution in [-0.4, -0.2) is 24.8 Å². The van der Waals surface area contributed by atoms with Crippen LogP contribution in [0.4, 0.5) is 0 Å². The van der Waals surface area contributed by atoms with Gasteiger partial charge in [0.1, 0.15) is 5.60 Å². The van der Waals surface area contributed by atoms with Crippen molar-refractivity contribution in [1.82, 2.24) is 9.88 Å². The molecule has 110 valence electrons. The van der Waals surface area contributed by atoms with Crippen LogP contribution >= 0.6 is 12.4 Å². The summed E-state index contributed by atoms with van der Waals surface area (Å²) in [5, 5.41) is 4.59. The standard InChI is InChI=1S/C16H22N2O.ClH/c1-12-13-6-4-5-7-14(13)18-10-11-19-16(2,15(12)18)8-9-17-3;/h4-7,17H,8-11H2,1-3H3;1H. The summed E-state index contributed by atoms with van der Waals surface area (Å²) in [4.78, 5) is 0. The molecular formula is C16H23ClN2O. The number of fused-ring (bicyclic) bond motifs is 3. The zero-order chi connectivity index (χ0) is 13.5. The van der Waals surface area contributed by atoms with Gasteiger partial charge in [0.15, 0.2) is 0 Å². The van der Waals surface area contributed by atoms with Crippen LogP contribution in [0.5, 0.6) is 0 Å². The summed E-state index contributed by atoms with van der Waals surface area (Å²) < 4.78 is 8.59. The predicted octanol–water partition coefficient (Wildman–Crippen LogP) is 3.23. The van der Waals surface area contributed by atoms with Gasteiger partial charge in [-0.05, 0) is 45.5 Å². The Hall–Kier alpha value is -1.03. The van der Waals surface area contributed by atoms with Crippen LogP contribution in [0.3, 0.4) is 0 Å². The first-order chi connectivity index (χ1) is 9.17. The van der Waals surface area contributed by atoms with E-state index in [0.717, 1.165) is 26.1 Å². The Labute approximate surface area is 126 Å². The van der Waals surface area contributed by atoms with E-state index in [0.29, 0.717) is 0 Å². The molecule has 20 heavy (non-hydrogen) atoms. The molecule has 3 rings (SSSR count). The van der Waals surface area contributed by atoms with E-state index < -0.39 is 0 Å². The van der Waals surface area contributed by atoms with Gasteiger partial charge in [-0.2, -0.15) is 0 Å². The average Bonchev–Trinajstić information content (AvgIpc) is 2.73. The third-order valence-electron chi connectivity index (χ3n) is 4.31. The number of hydrogen-bond donors (Lipinski definition) is 1. The lowest BCUT2D eigenvalue weighted by Crippen LogP contribution is -2.38. The van der Waals surface area contributed by atoms with Crippen LogP contribution < -0.4 is 5.32 Å². The minimum Gasteiger partial charge on any atom is -0.367 e. The zero-order valence-corrected chi connectivity index (χ0v) is 13.2. The molecule has 0 saturated carbocycles. The molecule has 0 aliphatic carbocycles. The lowest BCUT2D eigenvalue weighted by molar-refractivity contribution is -0.0686. The van der Waals surface area contributed by atoms with Gasteiger partial charge in [-0.25, -0.2) is 0 Å². The molecule has 0 bridgehead atoms. The molecule has 3 nitrogen and oxygen atoms in total. The zero-order valence-electron chi connectivity index (χ0n) is 12.4. The lowest BCUT2D eigenvalue weighted by atomic mass is 9.93. The van der Waals surface area contributed by atoms with E-state index in [2.05, 4.69) is 48.0 Å². The number of para-hydroxylation sites is 1. The Kier molecular flexibility index (Phi) is 4.43. The van der Waals surface area contributed by atoms with Crippen molar-refractivity contribution in [3.8, 4) is 0 Å². The summed E-state index contributed by atoms with van der Waals surface area (Å²) in [6, 6.07) is 8.67. The van der Waals surface area contributed by atoms with E-state index in [-0.39, 0.29) is 18.0 Å². The van der Waals surface area contributed by atoms with Crippen molar-refractivity contribution in [1.29, 1.82) is 0 Å². The molecule has 0 saturated heterocycles. The van der Waals surface area contributed by atoms with Crippen molar-refractivity contribution in [2.45, 2.75) is 32.4 Å². The van der Waals surface area contributed by atoms with Gasteiger partial charge in [0.2, 0.25) is 0 Å². The lowest BCUT2D eigenvalue weighted by Gasteiger charge is -2.36. The third-order valence-corrected chi connectivity index (χ3v) is 4.31. The highest BCUT2D eigenvalue weighted by atomic mass is 35.5. The first kappa shape index (κ1) is 15.4. The molecule has 1 aromatic carbocycles. The molecule has 4 heteroatoms. The highest BCUT2D eigenvalue weighted by Crippen LogP contribution is 2.39. The number of benzene rings is 1. The molecule has 2 heterocycles. The number of nitrogens with one attached hydrogen (secondary N) is 1. The molecule has 1 aliphatic heterocycles. The molecule has 0 fully saturated rings. The second-order valence-corrected chi connectivity index (χ2v) is 5.58. The largest absolute Gasteiger partial charge is 0.367 e. The van der Waals surface area contributed by atoms with E-state index in [4.69, 9.17) is 4.74 Å². The fraction of sp³-hybridized carbons (Fsp3) is 0.500. The monoisotopic (exact) mass is 294 g/mol. The number of ether oxygens (including phenoxy) is 1. The fourth-order valence-electron chi connectivity index (χ4n) is 3.38. The second kappa shape index (κ2) is 5.76. The van der Waals surface area contributed by atoms with E-state index in [9.17, 15) is 0 Å². The molecule has 0 radical (unpaired) electrons. The summed E-state index contributed by atoms with van der Waals surface area (Å²) in [7, 11) is 1.99. The van der Waals surface area contributed by atoms with E-state index in [1.54, 1.807) is 0 Å². The van der Waals surface area contributed by atoms with Crippen molar-refractivity contribution in [3.05, 3.63) is 35.5 Å². The van der Waals surface area contributed by atoms with Gasteiger partial charge in [0.25, 0.3) is 0 Å². The number of halogens is 1. The van der Waals surface area contributed by atoms with Crippen molar-refractivity contribution in [2.24, 2.45) is 0 Å². The van der Waals surface area contributed by atoms with Gasteiger partial charge in [0, 0.05) is 17.4 Å². The van der Waals surface area contributed by atoms with Gasteiger partial charge in [0.05, 0.1) is 12.3 Å². The Morgan fingerprint density at radius 3 is 2.85 bits per heavy atom. The molecule has 0 spiro atoms. The van der Waals surface area contributed by atoms with Gasteiger partial charge in [-0.15, -0.1) is 12.4 Å². The summed E-state index contributed by atoms with van der Waals surface area (Å²) in [5.74, 6) is 0. The predicted molar refractivity (Wildman–Crippen MR) is 85.8 cm³/mol. The maximum Gasteiger partial charge on any atom is 0.107 e. The number of aryl methyl sites for hydroxylation is 1. The molecule has 1 aromatic heterocycles. The molecule has 1 N–H and O–H groups in total. The molecule has 2 aromatic rings. The normalized spacial score (nSPS) is 21.6. The smallest absolute Gasteiger partial charge is 0.107 e. The molecule has 1 atom stereocenters. The van der Waals surface area contributed by atoms with E-state index in [1.165, 1.54) is 22.2 Å². The average molecular weight is 295 g/mol. The van der Waals surface area contributed by atoms with Crippen molar-refractivity contribution >= 4 is 23.3 Å². The summed E-state index contributed by atoms with van der Waals surface area (Å²) in [5.41, 5.74) is 3.89. The van der Waals surface area contributed by atoms with Crippen LogP contribution in [0, 0.1) is 6.92 Å². The Bertz CT molecular complexity index is 608. The Morgan fingerprint density at radius 2 is 2.10 bits per heavy atom. The summed E-state index contributed by atoms with van der Waals surface area (Å²) in [6.07, 6.45) is 1.00. The van der Waals surface area contributed by atoms with Crippen LogP contribution in [0.25, 0.3) is 10.9 Å². The third kappa shape index (κ3) is 2.24. The van der Waals surface area contributed by atoms with Crippen LogP contribution in [0.15, 0.2) is 24.3 Å². The summed E-state index contributed by atoms with van der Waals surface area (Å²) in [6.45, 7) is 7.17. The minimum absolute atomic E-state index is 0. The van der Waals surface area contributed by atoms with Crippen molar-refractivity contribution in [3.63, 3.8) is 0 Å². The molecule has 0 amide bonds.